The molecular weight excluding hydrogens is 236 g/mol. The number of nitrogens with one attached hydrogen (secondary N) is 1. The van der Waals surface area contributed by atoms with E-state index in [-0.39, 0.29) is 18.3 Å². The van der Waals surface area contributed by atoms with E-state index in [2.05, 4.69) is 21.8 Å². The van der Waals surface area contributed by atoms with Crippen molar-refractivity contribution < 1.29 is 14.7 Å². The van der Waals surface area contributed by atoms with Crippen LogP contribution in [0.2, 0.25) is 0 Å². The van der Waals surface area contributed by atoms with Gasteiger partial charge in [0, 0.05) is 12.5 Å². The molecule has 0 radical (unpaired) electrons. The molecule has 1 rings (SSSR count). The molecule has 0 aliphatic carbocycles. The number of carbonyl (C=O) groups excluding carboxylic acids is 1. The van der Waals surface area contributed by atoms with E-state index in [1.165, 1.54) is 6.08 Å². The number of amides is 1. The minimum absolute atomic E-state index is 0.0261. The van der Waals surface area contributed by atoms with Gasteiger partial charge in [0.1, 0.15) is 12.4 Å². The molecule has 0 saturated carbocycles. The molecule has 2 N–H and O–H groups in total. The van der Waals surface area contributed by atoms with Gasteiger partial charge in [-0.25, -0.2) is 4.98 Å². The largest absolute Gasteiger partial charge is 0.480 e. The van der Waals surface area contributed by atoms with Crippen LogP contribution in [0.4, 0.5) is 0 Å². The molecule has 1 amide bonds. The fourth-order valence-electron chi connectivity index (χ4n) is 1.31. The Kier molecular flexibility index (Phi) is 4.59. The summed E-state index contributed by atoms with van der Waals surface area (Å²) in [6.07, 6.45) is 1.46. The molecule has 0 aliphatic rings. The van der Waals surface area contributed by atoms with Crippen molar-refractivity contribution in [2.45, 2.75) is 19.8 Å². The molecule has 0 atom stereocenters. The number of hydrogen-bond donors (Lipinski definition) is 2. The molecule has 1 aromatic rings. The summed E-state index contributed by atoms with van der Waals surface area (Å²) >= 11 is 0. The summed E-state index contributed by atoms with van der Waals surface area (Å²) in [5, 5.41) is 15.2. The van der Waals surface area contributed by atoms with Crippen molar-refractivity contribution in [2.75, 3.05) is 13.1 Å². The lowest BCUT2D eigenvalue weighted by Crippen LogP contribution is -2.36. The summed E-state index contributed by atoms with van der Waals surface area (Å²) in [7, 11) is 0. The summed E-state index contributed by atoms with van der Waals surface area (Å²) in [6.45, 7) is 7.03. The van der Waals surface area contributed by atoms with Crippen molar-refractivity contribution in [3.63, 3.8) is 0 Å². The molecule has 7 heteroatoms. The number of aromatic amines is 1. The van der Waals surface area contributed by atoms with Gasteiger partial charge in [-0.15, -0.1) is 11.7 Å². The Morgan fingerprint density at radius 2 is 2.22 bits per heavy atom. The monoisotopic (exact) mass is 252 g/mol. The van der Waals surface area contributed by atoms with E-state index in [1.807, 2.05) is 13.8 Å². The van der Waals surface area contributed by atoms with Crippen LogP contribution in [-0.4, -0.2) is 50.2 Å². The van der Waals surface area contributed by atoms with Gasteiger partial charge in [-0.1, -0.05) is 19.9 Å². The van der Waals surface area contributed by atoms with Crippen LogP contribution < -0.4 is 0 Å². The lowest BCUT2D eigenvalue weighted by molar-refractivity contribution is -0.137. The van der Waals surface area contributed by atoms with Gasteiger partial charge in [0.15, 0.2) is 0 Å². The highest BCUT2D eigenvalue weighted by molar-refractivity contribution is 5.92. The first-order chi connectivity index (χ1) is 8.45. The second-order valence-corrected chi connectivity index (χ2v) is 4.07. The van der Waals surface area contributed by atoms with Crippen molar-refractivity contribution in [3.8, 4) is 0 Å². The SMILES string of the molecule is C=CCN(CC(=O)O)C(=O)c1n[nH]c(C(C)C)n1. The Morgan fingerprint density at radius 3 is 2.67 bits per heavy atom. The quantitative estimate of drug-likeness (QED) is 0.724. The maximum Gasteiger partial charge on any atom is 0.323 e. The number of carbonyl (C=O) groups is 2. The van der Waals surface area contributed by atoms with Crippen molar-refractivity contribution >= 4 is 11.9 Å². The predicted molar refractivity (Wildman–Crippen MR) is 64.2 cm³/mol. The van der Waals surface area contributed by atoms with Crippen LogP contribution in [0.15, 0.2) is 12.7 Å². The maximum atomic E-state index is 12.0. The molecular formula is C11H16N4O3. The van der Waals surface area contributed by atoms with Crippen LogP contribution >= 0.6 is 0 Å². The van der Waals surface area contributed by atoms with Crippen LogP contribution in [0, 0.1) is 0 Å². The summed E-state index contributed by atoms with van der Waals surface area (Å²) < 4.78 is 0. The van der Waals surface area contributed by atoms with E-state index in [0.29, 0.717) is 5.82 Å². The normalized spacial score (nSPS) is 10.4. The van der Waals surface area contributed by atoms with Crippen molar-refractivity contribution in [2.24, 2.45) is 0 Å². The molecule has 1 heterocycles. The van der Waals surface area contributed by atoms with Crippen LogP contribution in [0.3, 0.4) is 0 Å². The van der Waals surface area contributed by atoms with Gasteiger partial charge in [-0.2, -0.15) is 0 Å². The standard InChI is InChI=1S/C11H16N4O3/c1-4-5-15(6-8(16)17)11(18)10-12-9(7(2)3)13-14-10/h4,7H,1,5-6H2,2-3H3,(H,16,17)(H,12,13,14). The number of carboxylic acids is 1. The highest BCUT2D eigenvalue weighted by atomic mass is 16.4. The highest BCUT2D eigenvalue weighted by Gasteiger charge is 2.21. The fourth-order valence-corrected chi connectivity index (χ4v) is 1.31. The Bertz CT molecular complexity index is 453. The molecule has 0 saturated heterocycles. The van der Waals surface area contributed by atoms with Crippen molar-refractivity contribution in [3.05, 3.63) is 24.3 Å². The third kappa shape index (κ3) is 3.41. The predicted octanol–water partition coefficient (Wildman–Crippen LogP) is 0.641. The number of carboxylic acid groups (broad SMARTS) is 1. The van der Waals surface area contributed by atoms with E-state index >= 15 is 0 Å². The maximum absolute atomic E-state index is 12.0. The molecule has 0 unspecified atom stereocenters. The van der Waals surface area contributed by atoms with E-state index in [9.17, 15) is 9.59 Å². The third-order valence-corrected chi connectivity index (χ3v) is 2.20. The summed E-state index contributed by atoms with van der Waals surface area (Å²) in [6, 6.07) is 0. The van der Waals surface area contributed by atoms with Gasteiger partial charge >= 0.3 is 5.97 Å². The minimum Gasteiger partial charge on any atom is -0.480 e. The van der Waals surface area contributed by atoms with Gasteiger partial charge in [-0.05, 0) is 0 Å². The van der Waals surface area contributed by atoms with Gasteiger partial charge in [0.05, 0.1) is 0 Å². The third-order valence-electron chi connectivity index (χ3n) is 2.20. The average molecular weight is 252 g/mol. The molecule has 1 aromatic heterocycles. The van der Waals surface area contributed by atoms with Crippen molar-refractivity contribution in [1.82, 2.24) is 20.1 Å². The second-order valence-electron chi connectivity index (χ2n) is 4.07. The van der Waals surface area contributed by atoms with E-state index in [0.717, 1.165) is 4.90 Å². The summed E-state index contributed by atoms with van der Waals surface area (Å²) in [5.41, 5.74) is 0. The molecule has 7 nitrogen and oxygen atoms in total. The number of H-pyrrole nitrogens is 1. The number of nitrogens with zero attached hydrogens (tertiary/aromatic N) is 3. The zero-order valence-electron chi connectivity index (χ0n) is 10.4. The summed E-state index contributed by atoms with van der Waals surface area (Å²) in [5.74, 6) is -0.939. The Hall–Kier alpha value is -2.18. The lowest BCUT2D eigenvalue weighted by Gasteiger charge is -2.16. The van der Waals surface area contributed by atoms with Crippen LogP contribution in [-0.2, 0) is 4.79 Å². The van der Waals surface area contributed by atoms with Crippen LogP contribution in [0.25, 0.3) is 0 Å². The number of hydrogen-bond acceptors (Lipinski definition) is 4. The zero-order valence-corrected chi connectivity index (χ0v) is 10.4. The Balaban J connectivity index is 2.86. The Morgan fingerprint density at radius 1 is 1.56 bits per heavy atom. The lowest BCUT2D eigenvalue weighted by atomic mass is 10.2. The van der Waals surface area contributed by atoms with Crippen molar-refractivity contribution in [1.29, 1.82) is 0 Å². The zero-order chi connectivity index (χ0) is 13.7. The smallest absolute Gasteiger partial charge is 0.323 e. The molecule has 0 aliphatic heterocycles. The van der Waals surface area contributed by atoms with E-state index in [4.69, 9.17) is 5.11 Å². The van der Waals surface area contributed by atoms with Crippen LogP contribution in [0.5, 0.6) is 0 Å². The second kappa shape index (κ2) is 5.95. The van der Waals surface area contributed by atoms with Gasteiger partial charge < -0.3 is 10.0 Å². The molecule has 0 spiro atoms. The first kappa shape index (κ1) is 13.9. The molecule has 18 heavy (non-hydrogen) atoms. The fraction of sp³-hybridized carbons (Fsp3) is 0.455. The molecule has 0 aromatic carbocycles. The number of aliphatic carboxylic acids is 1. The van der Waals surface area contributed by atoms with E-state index < -0.39 is 18.4 Å². The van der Waals surface area contributed by atoms with E-state index in [1.54, 1.807) is 0 Å². The molecule has 0 bridgehead atoms. The minimum atomic E-state index is -1.09. The number of aromatic nitrogens is 3. The topological polar surface area (TPSA) is 99.2 Å². The molecule has 98 valence electrons. The van der Waals surface area contributed by atoms with Crippen LogP contribution in [0.1, 0.15) is 36.2 Å². The summed E-state index contributed by atoms with van der Waals surface area (Å²) in [4.78, 5) is 27.8. The first-order valence-corrected chi connectivity index (χ1v) is 5.50. The Labute approximate surface area is 105 Å². The molecule has 0 fully saturated rings. The number of rotatable bonds is 6. The van der Waals surface area contributed by atoms with Gasteiger partial charge in [0.25, 0.3) is 5.91 Å². The first-order valence-electron chi connectivity index (χ1n) is 5.50. The highest BCUT2D eigenvalue weighted by Crippen LogP contribution is 2.09. The van der Waals surface area contributed by atoms with Gasteiger partial charge in [0.2, 0.25) is 5.82 Å². The van der Waals surface area contributed by atoms with Gasteiger partial charge in [-0.3, -0.25) is 14.7 Å². The average Bonchev–Trinajstić information content (AvgIpc) is 2.76.